The van der Waals surface area contributed by atoms with Gasteiger partial charge < -0.3 is 15.0 Å². The van der Waals surface area contributed by atoms with Crippen molar-refractivity contribution in [1.82, 2.24) is 14.8 Å². The lowest BCUT2D eigenvalue weighted by Gasteiger charge is -2.35. The van der Waals surface area contributed by atoms with Crippen molar-refractivity contribution in [1.29, 1.82) is 0 Å². The fourth-order valence-electron chi connectivity index (χ4n) is 5.44. The normalized spacial score (nSPS) is 19.1. The molecule has 1 aromatic carbocycles. The Labute approximate surface area is 176 Å². The van der Waals surface area contributed by atoms with Crippen molar-refractivity contribution < 1.29 is 9.53 Å². The number of nitrogens with one attached hydrogen (secondary N) is 1. The third kappa shape index (κ3) is 2.62. The molecule has 6 nitrogen and oxygen atoms in total. The fourth-order valence-corrected chi connectivity index (χ4v) is 5.44. The average Bonchev–Trinajstić information content (AvgIpc) is 3.32. The first-order valence-electron chi connectivity index (χ1n) is 10.6. The number of carbonyl (C=O) groups excluding carboxylic acids is 1. The van der Waals surface area contributed by atoms with E-state index in [1.54, 1.807) is 11.7 Å². The van der Waals surface area contributed by atoms with Gasteiger partial charge in [0.2, 0.25) is 0 Å². The number of pyridine rings is 1. The van der Waals surface area contributed by atoms with Gasteiger partial charge >= 0.3 is 0 Å². The highest BCUT2D eigenvalue weighted by Gasteiger charge is 2.47. The minimum Gasteiger partial charge on any atom is -0.497 e. The molecular weight excluding hydrogens is 378 g/mol. The first kappa shape index (κ1) is 19.0. The van der Waals surface area contributed by atoms with Gasteiger partial charge in [-0.1, -0.05) is 18.7 Å². The monoisotopic (exact) mass is 405 g/mol. The Bertz CT molecular complexity index is 1110. The maximum atomic E-state index is 13.4. The largest absolute Gasteiger partial charge is 0.497 e. The van der Waals surface area contributed by atoms with E-state index in [1.165, 1.54) is 0 Å². The van der Waals surface area contributed by atoms with Gasteiger partial charge in [0, 0.05) is 29.9 Å². The van der Waals surface area contributed by atoms with E-state index < -0.39 is 5.66 Å². The van der Waals surface area contributed by atoms with Crippen LogP contribution in [0.1, 0.15) is 58.4 Å². The molecule has 0 radical (unpaired) electrons. The highest BCUT2D eigenvalue weighted by atomic mass is 16.5. The van der Waals surface area contributed by atoms with Crippen molar-refractivity contribution in [3.05, 3.63) is 69.1 Å². The first-order valence-corrected chi connectivity index (χ1v) is 10.6. The molecule has 1 aromatic heterocycles. The Kier molecular flexibility index (Phi) is 4.27. The van der Waals surface area contributed by atoms with Gasteiger partial charge in [-0.25, -0.2) is 0 Å². The molecule has 1 spiro atoms. The molecule has 0 atom stereocenters. The molecule has 1 aliphatic carbocycles. The van der Waals surface area contributed by atoms with Gasteiger partial charge in [0.15, 0.2) is 0 Å². The highest BCUT2D eigenvalue weighted by molar-refractivity contribution is 5.98. The molecule has 156 valence electrons. The van der Waals surface area contributed by atoms with E-state index in [2.05, 4.69) is 16.8 Å². The van der Waals surface area contributed by atoms with Gasteiger partial charge in [0.1, 0.15) is 17.1 Å². The Morgan fingerprint density at radius 1 is 1.17 bits per heavy atom. The SMILES string of the molecule is C=C1c2c(c3n(c(=O)c2C)C2(CCCC2)NC3=O)CCN1Cc1ccc(OC)cc1. The number of hydrogen-bond acceptors (Lipinski definition) is 4. The lowest BCUT2D eigenvalue weighted by molar-refractivity contribution is 0.0920. The van der Waals surface area contributed by atoms with Crippen molar-refractivity contribution in [3.63, 3.8) is 0 Å². The molecule has 3 heterocycles. The van der Waals surface area contributed by atoms with Crippen molar-refractivity contribution in [2.75, 3.05) is 13.7 Å². The van der Waals surface area contributed by atoms with E-state index in [1.807, 2.05) is 31.2 Å². The van der Waals surface area contributed by atoms with Crippen LogP contribution in [-0.2, 0) is 18.6 Å². The third-order valence-electron chi connectivity index (χ3n) is 6.96. The van der Waals surface area contributed by atoms with E-state index in [-0.39, 0.29) is 11.5 Å². The minimum atomic E-state index is -0.523. The van der Waals surface area contributed by atoms with Gasteiger partial charge in [-0.3, -0.25) is 14.2 Å². The highest BCUT2D eigenvalue weighted by Crippen LogP contribution is 2.41. The summed E-state index contributed by atoms with van der Waals surface area (Å²) in [6.07, 6.45) is 4.45. The van der Waals surface area contributed by atoms with Crippen LogP contribution in [0.2, 0.25) is 0 Å². The number of hydrogen-bond donors (Lipinski definition) is 1. The lowest BCUT2D eigenvalue weighted by atomic mass is 9.91. The van der Waals surface area contributed by atoms with E-state index in [0.717, 1.165) is 66.8 Å². The number of aromatic nitrogens is 1. The minimum absolute atomic E-state index is 0.0588. The Morgan fingerprint density at radius 3 is 2.53 bits per heavy atom. The number of fused-ring (bicyclic) bond motifs is 4. The molecule has 2 aromatic rings. The Hall–Kier alpha value is -3.02. The molecule has 1 N–H and O–H groups in total. The Balaban J connectivity index is 1.55. The first-order chi connectivity index (χ1) is 14.4. The quantitative estimate of drug-likeness (QED) is 0.852. The van der Waals surface area contributed by atoms with Gasteiger partial charge in [0.05, 0.1) is 7.11 Å². The standard InChI is InChI=1S/C24H27N3O3/c1-15-20-16(2)26(14-17-6-8-18(30-3)9-7-17)13-10-19(20)21-22(28)25-24(11-4-5-12-24)27(21)23(15)29/h6-9H,2,4-5,10-14H2,1,3H3,(H,25,28). The second kappa shape index (κ2) is 6.76. The number of benzene rings is 1. The topological polar surface area (TPSA) is 63.6 Å². The lowest BCUT2D eigenvalue weighted by Crippen LogP contribution is -2.46. The predicted molar refractivity (Wildman–Crippen MR) is 115 cm³/mol. The summed E-state index contributed by atoms with van der Waals surface area (Å²) in [6, 6.07) is 7.99. The van der Waals surface area contributed by atoms with Crippen LogP contribution in [0.5, 0.6) is 5.75 Å². The summed E-state index contributed by atoms with van der Waals surface area (Å²) in [4.78, 5) is 28.6. The molecule has 1 saturated carbocycles. The molecule has 6 heteroatoms. The smallest absolute Gasteiger partial charge is 0.270 e. The van der Waals surface area contributed by atoms with E-state index in [0.29, 0.717) is 17.8 Å². The van der Waals surface area contributed by atoms with Gasteiger partial charge in [-0.2, -0.15) is 0 Å². The second-order valence-corrected chi connectivity index (χ2v) is 8.63. The van der Waals surface area contributed by atoms with Gasteiger partial charge in [-0.15, -0.1) is 0 Å². The summed E-state index contributed by atoms with van der Waals surface area (Å²) < 4.78 is 7.02. The van der Waals surface area contributed by atoms with Gasteiger partial charge in [-0.05, 0) is 62.3 Å². The van der Waals surface area contributed by atoms with Crippen LogP contribution in [0.3, 0.4) is 0 Å². The average molecular weight is 405 g/mol. The van der Waals surface area contributed by atoms with Crippen LogP contribution < -0.4 is 15.6 Å². The van der Waals surface area contributed by atoms with Gasteiger partial charge in [0.25, 0.3) is 11.5 Å². The molecular formula is C24H27N3O3. The zero-order chi connectivity index (χ0) is 21.0. The van der Waals surface area contributed by atoms with Crippen molar-refractivity contribution >= 4 is 11.6 Å². The molecule has 3 aliphatic rings. The zero-order valence-electron chi connectivity index (χ0n) is 17.6. The number of ether oxygens (including phenoxy) is 1. The fraction of sp³-hybridized carbons (Fsp3) is 0.417. The van der Waals surface area contributed by atoms with Crippen LogP contribution in [0.15, 0.2) is 35.6 Å². The maximum absolute atomic E-state index is 13.4. The maximum Gasteiger partial charge on any atom is 0.270 e. The van der Waals surface area contributed by atoms with Crippen LogP contribution in [0.4, 0.5) is 0 Å². The van der Waals surface area contributed by atoms with E-state index in [9.17, 15) is 9.59 Å². The molecule has 0 unspecified atom stereocenters. The zero-order valence-corrected chi connectivity index (χ0v) is 17.6. The molecule has 0 bridgehead atoms. The molecule has 30 heavy (non-hydrogen) atoms. The number of amides is 1. The molecule has 0 saturated heterocycles. The van der Waals surface area contributed by atoms with Crippen molar-refractivity contribution in [2.45, 2.75) is 51.2 Å². The summed E-state index contributed by atoms with van der Waals surface area (Å²) in [6.45, 7) is 7.68. The van der Waals surface area contributed by atoms with Crippen LogP contribution in [0, 0.1) is 6.92 Å². The van der Waals surface area contributed by atoms with E-state index >= 15 is 0 Å². The van der Waals surface area contributed by atoms with Crippen molar-refractivity contribution in [2.24, 2.45) is 0 Å². The summed E-state index contributed by atoms with van der Waals surface area (Å²) in [5, 5.41) is 3.16. The number of carbonyl (C=O) groups is 1. The Morgan fingerprint density at radius 2 is 1.87 bits per heavy atom. The number of nitrogens with zero attached hydrogens (tertiary/aromatic N) is 2. The number of rotatable bonds is 3. The van der Waals surface area contributed by atoms with Crippen molar-refractivity contribution in [3.8, 4) is 5.75 Å². The molecule has 1 amide bonds. The number of methoxy groups -OCH3 is 1. The van der Waals surface area contributed by atoms with Crippen LogP contribution in [-0.4, -0.2) is 29.0 Å². The summed E-state index contributed by atoms with van der Waals surface area (Å²) in [5.41, 5.74) is 4.49. The van der Waals surface area contributed by atoms with Crippen LogP contribution in [0.25, 0.3) is 5.70 Å². The molecule has 2 aliphatic heterocycles. The van der Waals surface area contributed by atoms with Crippen LogP contribution >= 0.6 is 0 Å². The summed E-state index contributed by atoms with van der Waals surface area (Å²) in [5.74, 6) is 0.717. The second-order valence-electron chi connectivity index (χ2n) is 8.63. The molecule has 5 rings (SSSR count). The summed E-state index contributed by atoms with van der Waals surface area (Å²) >= 11 is 0. The van der Waals surface area contributed by atoms with E-state index in [4.69, 9.17) is 4.74 Å². The summed E-state index contributed by atoms with van der Waals surface area (Å²) in [7, 11) is 1.66. The third-order valence-corrected chi connectivity index (χ3v) is 6.96. The predicted octanol–water partition coefficient (Wildman–Crippen LogP) is 3.16. The molecule has 1 fully saturated rings.